The monoisotopic (exact) mass is 404 g/mol. The number of carbonyl (C=O) groups is 1. The van der Waals surface area contributed by atoms with E-state index in [2.05, 4.69) is 20.8 Å². The summed E-state index contributed by atoms with van der Waals surface area (Å²) in [5.41, 5.74) is 2.96. The highest BCUT2D eigenvalue weighted by molar-refractivity contribution is 6.05. The maximum absolute atomic E-state index is 14.8. The zero-order valence-electron chi connectivity index (χ0n) is 15.9. The van der Waals surface area contributed by atoms with Gasteiger partial charge in [-0.25, -0.2) is 9.37 Å². The lowest BCUT2D eigenvalue weighted by Crippen LogP contribution is -2.25. The van der Waals surface area contributed by atoms with Gasteiger partial charge in [-0.3, -0.25) is 4.79 Å². The van der Waals surface area contributed by atoms with Crippen LogP contribution in [0.15, 0.2) is 28.9 Å². The number of benzene rings is 1. The first-order chi connectivity index (χ1) is 12.8. The number of fused-ring (bicyclic) bond motifs is 2. The van der Waals surface area contributed by atoms with Gasteiger partial charge in [-0.05, 0) is 36.2 Å². The number of nitrogens with zero attached hydrogens (tertiary/aromatic N) is 2. The van der Waals surface area contributed by atoms with Crippen molar-refractivity contribution in [3.63, 3.8) is 0 Å². The molecule has 28 heavy (non-hydrogen) atoms. The zero-order chi connectivity index (χ0) is 19.2. The Kier molecular flexibility index (Phi) is 5.41. The van der Waals surface area contributed by atoms with E-state index in [-0.39, 0.29) is 29.3 Å². The third-order valence-corrected chi connectivity index (χ3v) is 4.76. The van der Waals surface area contributed by atoms with Gasteiger partial charge in [0.2, 0.25) is 0 Å². The average molecular weight is 405 g/mol. The van der Waals surface area contributed by atoms with E-state index in [0.29, 0.717) is 35.2 Å². The van der Waals surface area contributed by atoms with Gasteiger partial charge in [0.25, 0.3) is 11.6 Å². The van der Waals surface area contributed by atoms with E-state index in [1.54, 1.807) is 12.1 Å². The van der Waals surface area contributed by atoms with E-state index >= 15 is 0 Å². The highest BCUT2D eigenvalue weighted by atomic mass is 35.5. The molecule has 1 amide bonds. The molecule has 148 valence electrons. The number of rotatable bonds is 2. The number of hydrogen-bond acceptors (Lipinski definition) is 5. The minimum atomic E-state index is -0.418. The topological polar surface area (TPSA) is 80.0 Å². The molecule has 6 nitrogen and oxygen atoms in total. The molecule has 2 N–H and O–H groups in total. The minimum Gasteiger partial charge on any atom is -0.336 e. The number of carbonyl (C=O) groups excluding carboxylic acids is 1. The lowest BCUT2D eigenvalue weighted by molar-refractivity contribution is 0.102. The summed E-state index contributed by atoms with van der Waals surface area (Å²) < 4.78 is 20.0. The van der Waals surface area contributed by atoms with Crippen molar-refractivity contribution in [2.75, 3.05) is 11.9 Å². The van der Waals surface area contributed by atoms with Crippen LogP contribution in [0.2, 0.25) is 0 Å². The van der Waals surface area contributed by atoms with Crippen LogP contribution in [0.4, 0.5) is 10.1 Å². The summed E-state index contributed by atoms with van der Waals surface area (Å²) in [6, 6.07) is 5.14. The van der Waals surface area contributed by atoms with Gasteiger partial charge >= 0.3 is 0 Å². The predicted molar refractivity (Wildman–Crippen MR) is 108 cm³/mol. The van der Waals surface area contributed by atoms with Crippen LogP contribution in [-0.4, -0.2) is 22.6 Å². The highest BCUT2D eigenvalue weighted by Crippen LogP contribution is 2.29. The molecule has 0 saturated carbocycles. The van der Waals surface area contributed by atoms with Crippen molar-refractivity contribution in [2.24, 2.45) is 0 Å². The smallest absolute Gasteiger partial charge is 0.257 e. The second kappa shape index (κ2) is 7.48. The maximum Gasteiger partial charge on any atom is 0.257 e. The predicted octanol–water partition coefficient (Wildman–Crippen LogP) is 3.98. The Bertz CT molecular complexity index is 1040. The fourth-order valence-electron chi connectivity index (χ4n) is 3.32. The molecule has 3 heterocycles. The summed E-state index contributed by atoms with van der Waals surface area (Å²) >= 11 is 0. The van der Waals surface area contributed by atoms with Crippen molar-refractivity contribution in [1.29, 1.82) is 0 Å². The Morgan fingerprint density at radius 3 is 2.86 bits per heavy atom. The van der Waals surface area contributed by atoms with E-state index in [9.17, 15) is 9.18 Å². The summed E-state index contributed by atoms with van der Waals surface area (Å²) in [4.78, 5) is 16.9. The molecule has 4 rings (SSSR count). The second-order valence-electron chi connectivity index (χ2n) is 7.80. The molecule has 2 aromatic heterocycles. The quantitative estimate of drug-likeness (QED) is 0.675. The molecule has 1 aliphatic heterocycles. The summed E-state index contributed by atoms with van der Waals surface area (Å²) in [5, 5.41) is 10.6. The molecule has 0 atom stereocenters. The fourth-order valence-corrected chi connectivity index (χ4v) is 3.32. The molecule has 1 aliphatic rings. The van der Waals surface area contributed by atoms with Crippen LogP contribution >= 0.6 is 12.4 Å². The Hall–Kier alpha value is -2.51. The minimum absolute atomic E-state index is 0. The molecule has 0 radical (unpaired) electrons. The average Bonchev–Trinajstić information content (AvgIpc) is 3.07. The van der Waals surface area contributed by atoms with Gasteiger partial charge in [0, 0.05) is 18.2 Å². The first-order valence-corrected chi connectivity index (χ1v) is 8.93. The van der Waals surface area contributed by atoms with Crippen LogP contribution in [0.5, 0.6) is 0 Å². The summed E-state index contributed by atoms with van der Waals surface area (Å²) in [7, 11) is 0. The van der Waals surface area contributed by atoms with Crippen molar-refractivity contribution in [2.45, 2.75) is 39.2 Å². The van der Waals surface area contributed by atoms with E-state index in [1.807, 2.05) is 26.8 Å². The molecule has 0 spiro atoms. The Morgan fingerprint density at radius 2 is 2.11 bits per heavy atom. The third kappa shape index (κ3) is 3.59. The molecular formula is C20H22ClFN4O2. The van der Waals surface area contributed by atoms with Crippen LogP contribution in [0, 0.1) is 5.82 Å². The largest absolute Gasteiger partial charge is 0.336 e. The first-order valence-electron chi connectivity index (χ1n) is 8.93. The lowest BCUT2D eigenvalue weighted by atomic mass is 9.90. The van der Waals surface area contributed by atoms with Crippen molar-refractivity contribution >= 4 is 35.1 Å². The summed E-state index contributed by atoms with van der Waals surface area (Å²) in [6.07, 6.45) is 2.02. The van der Waals surface area contributed by atoms with Crippen LogP contribution in [0.3, 0.4) is 0 Å². The third-order valence-electron chi connectivity index (χ3n) is 4.76. The molecule has 0 aliphatic carbocycles. The van der Waals surface area contributed by atoms with Gasteiger partial charge in [0.05, 0.1) is 22.3 Å². The second-order valence-corrected chi connectivity index (χ2v) is 7.80. The van der Waals surface area contributed by atoms with Gasteiger partial charge in [0.1, 0.15) is 5.82 Å². The molecule has 1 aromatic carbocycles. The van der Waals surface area contributed by atoms with E-state index in [0.717, 1.165) is 17.8 Å². The van der Waals surface area contributed by atoms with Crippen molar-refractivity contribution in [3.8, 4) is 0 Å². The number of pyridine rings is 1. The maximum atomic E-state index is 14.8. The van der Waals surface area contributed by atoms with Crippen LogP contribution in [0.1, 0.15) is 48.0 Å². The van der Waals surface area contributed by atoms with E-state index in [4.69, 9.17) is 4.52 Å². The number of aromatic nitrogens is 2. The zero-order valence-corrected chi connectivity index (χ0v) is 16.7. The molecule has 3 aromatic rings. The Balaban J connectivity index is 0.00000225. The van der Waals surface area contributed by atoms with E-state index < -0.39 is 5.91 Å². The molecule has 8 heteroatoms. The number of hydrogen-bond donors (Lipinski definition) is 2. The molecule has 0 saturated heterocycles. The number of amides is 1. The molecule has 0 unspecified atom stereocenters. The summed E-state index contributed by atoms with van der Waals surface area (Å²) in [5.74, 6) is -0.782. The van der Waals surface area contributed by atoms with Gasteiger partial charge in [-0.2, -0.15) is 0 Å². The van der Waals surface area contributed by atoms with Crippen molar-refractivity contribution in [1.82, 2.24) is 15.5 Å². The standard InChI is InChI=1S/C20H21FN4O2.ClH/c1-20(2,3)17-14-8-12(10-23-19(14)27-25-17)18(26)24-15-5-4-11-9-22-7-6-13(11)16(15)21;/h4-5,8,10,22H,6-7,9H2,1-3H3,(H,24,26);1H. The van der Waals surface area contributed by atoms with E-state index in [1.165, 1.54) is 6.20 Å². The number of anilines is 1. The lowest BCUT2D eigenvalue weighted by Gasteiger charge is -2.19. The molecule has 0 fully saturated rings. The van der Waals surface area contributed by atoms with Gasteiger partial charge in [-0.15, -0.1) is 12.4 Å². The normalized spacial score (nSPS) is 13.7. The number of halogens is 2. The number of nitrogens with one attached hydrogen (secondary N) is 2. The van der Waals surface area contributed by atoms with Crippen molar-refractivity contribution in [3.05, 3.63) is 52.6 Å². The Labute approximate surface area is 168 Å². The fraction of sp³-hybridized carbons (Fsp3) is 0.350. The van der Waals surface area contributed by atoms with Gasteiger partial charge < -0.3 is 15.2 Å². The molecule has 0 bridgehead atoms. The molecular weight excluding hydrogens is 383 g/mol. The van der Waals surface area contributed by atoms with Crippen LogP contribution < -0.4 is 10.6 Å². The summed E-state index contributed by atoms with van der Waals surface area (Å²) in [6.45, 7) is 7.40. The highest BCUT2D eigenvalue weighted by Gasteiger charge is 2.24. The van der Waals surface area contributed by atoms with Crippen LogP contribution in [-0.2, 0) is 18.4 Å². The van der Waals surface area contributed by atoms with Gasteiger partial charge in [0.15, 0.2) is 0 Å². The van der Waals surface area contributed by atoms with Gasteiger partial charge in [-0.1, -0.05) is 32.0 Å². The van der Waals surface area contributed by atoms with Crippen LogP contribution in [0.25, 0.3) is 11.1 Å². The first kappa shape index (κ1) is 20.2. The Morgan fingerprint density at radius 1 is 1.32 bits per heavy atom. The van der Waals surface area contributed by atoms with Crippen molar-refractivity contribution < 1.29 is 13.7 Å². The SMILES string of the molecule is CC(C)(C)c1noc2ncc(C(=O)Nc3ccc4c(c3F)CCNC4)cc12.Cl.